The summed E-state index contributed by atoms with van der Waals surface area (Å²) in [6.07, 6.45) is 0.135. The van der Waals surface area contributed by atoms with E-state index in [1.165, 1.54) is 4.88 Å². The summed E-state index contributed by atoms with van der Waals surface area (Å²) in [6, 6.07) is 7.75. The van der Waals surface area contributed by atoms with Gasteiger partial charge in [-0.05, 0) is 45.4 Å². The first-order valence-electron chi connectivity index (χ1n) is 10.3. The second-order valence-corrected chi connectivity index (χ2v) is 8.97. The van der Waals surface area contributed by atoms with Gasteiger partial charge in [0.05, 0.1) is 29.5 Å². The monoisotopic (exact) mass is 557 g/mol. The summed E-state index contributed by atoms with van der Waals surface area (Å²) in [5.41, 5.74) is 2.85. The number of benzene rings is 1. The zero-order valence-corrected chi connectivity index (χ0v) is 21.9. The van der Waals surface area contributed by atoms with Crippen LogP contribution in [0.1, 0.15) is 45.3 Å². The van der Waals surface area contributed by atoms with Gasteiger partial charge in [-0.1, -0.05) is 12.1 Å². The van der Waals surface area contributed by atoms with Gasteiger partial charge >= 0.3 is 0 Å². The van der Waals surface area contributed by atoms with Crippen LogP contribution in [0.5, 0.6) is 0 Å². The number of hydrogen-bond donors (Lipinski definition) is 2. The van der Waals surface area contributed by atoms with Crippen LogP contribution in [0.3, 0.4) is 0 Å². The number of aryl methyl sites for hydroxylation is 2. The van der Waals surface area contributed by atoms with Crippen molar-refractivity contribution in [3.8, 4) is 0 Å². The minimum Gasteiger partial charge on any atom is -0.372 e. The van der Waals surface area contributed by atoms with Crippen molar-refractivity contribution in [2.24, 2.45) is 4.99 Å². The molecule has 170 valence electrons. The Kier molecular flexibility index (Phi) is 9.70. The molecule has 2 aromatic rings. The molecule has 0 saturated carbocycles. The Morgan fingerprint density at radius 3 is 2.32 bits per heavy atom. The average molecular weight is 558 g/mol. The zero-order chi connectivity index (χ0) is 21.7. The van der Waals surface area contributed by atoms with Gasteiger partial charge in [-0.15, -0.1) is 35.3 Å². The molecule has 1 aliphatic rings. The average Bonchev–Trinajstić information content (AvgIpc) is 3.04. The van der Waals surface area contributed by atoms with Crippen LogP contribution in [0.25, 0.3) is 0 Å². The van der Waals surface area contributed by atoms with Crippen molar-refractivity contribution in [3.63, 3.8) is 0 Å². The normalized spacial score (nSPS) is 19.0. The highest BCUT2D eigenvalue weighted by Gasteiger charge is 2.26. The van der Waals surface area contributed by atoms with Crippen molar-refractivity contribution in [2.75, 3.05) is 20.1 Å². The molecule has 1 amide bonds. The maximum atomic E-state index is 12.8. The first kappa shape index (κ1) is 25.5. The molecule has 31 heavy (non-hydrogen) atoms. The van der Waals surface area contributed by atoms with E-state index < -0.39 is 0 Å². The predicted molar refractivity (Wildman–Crippen MR) is 136 cm³/mol. The highest BCUT2D eigenvalue weighted by Crippen LogP contribution is 2.17. The number of aromatic nitrogens is 1. The number of nitrogens with zero attached hydrogens (tertiary/aromatic N) is 3. The summed E-state index contributed by atoms with van der Waals surface area (Å²) in [4.78, 5) is 24.6. The molecule has 7 nitrogen and oxygen atoms in total. The molecule has 2 N–H and O–H groups in total. The van der Waals surface area contributed by atoms with E-state index in [0.29, 0.717) is 31.7 Å². The molecule has 9 heteroatoms. The number of morpholine rings is 1. The zero-order valence-electron chi connectivity index (χ0n) is 18.8. The summed E-state index contributed by atoms with van der Waals surface area (Å²) >= 11 is 1.70. The molecular formula is C22H32IN5O2S. The van der Waals surface area contributed by atoms with Crippen LogP contribution in [-0.4, -0.2) is 54.1 Å². The fourth-order valence-corrected chi connectivity index (χ4v) is 4.48. The van der Waals surface area contributed by atoms with E-state index in [9.17, 15) is 4.79 Å². The van der Waals surface area contributed by atoms with Gasteiger partial charge in [-0.25, -0.2) is 4.98 Å². The number of carbonyl (C=O) groups excluding carboxylic acids is 1. The Labute approximate surface area is 205 Å². The van der Waals surface area contributed by atoms with Crippen LogP contribution in [0.4, 0.5) is 0 Å². The highest BCUT2D eigenvalue weighted by atomic mass is 127. The topological polar surface area (TPSA) is 78.9 Å². The summed E-state index contributed by atoms with van der Waals surface area (Å²) in [6.45, 7) is 10.6. The molecule has 0 spiro atoms. The van der Waals surface area contributed by atoms with E-state index in [2.05, 4.69) is 20.6 Å². The van der Waals surface area contributed by atoms with Crippen molar-refractivity contribution in [2.45, 2.75) is 53.0 Å². The Hall–Kier alpha value is -1.72. The fraction of sp³-hybridized carbons (Fsp3) is 0.500. The van der Waals surface area contributed by atoms with Crippen LogP contribution < -0.4 is 10.6 Å². The summed E-state index contributed by atoms with van der Waals surface area (Å²) in [7, 11) is 1.76. The Balaban J connectivity index is 0.00000341. The third-order valence-electron chi connectivity index (χ3n) is 5.01. The number of hydrogen-bond acceptors (Lipinski definition) is 5. The first-order valence-corrected chi connectivity index (χ1v) is 11.1. The van der Waals surface area contributed by atoms with Gasteiger partial charge in [0.1, 0.15) is 0 Å². The molecular weight excluding hydrogens is 525 g/mol. The maximum absolute atomic E-state index is 12.8. The van der Waals surface area contributed by atoms with E-state index in [1.807, 2.05) is 56.9 Å². The second kappa shape index (κ2) is 11.8. The Bertz CT molecular complexity index is 890. The number of carbonyl (C=O) groups is 1. The van der Waals surface area contributed by atoms with E-state index in [-0.39, 0.29) is 42.1 Å². The Morgan fingerprint density at radius 2 is 1.77 bits per heavy atom. The standard InChI is InChI=1S/C22H31N5O2S.HI/c1-14-12-27(13-15(2)29-14)21(28)19-8-6-18(7-9-19)10-24-22(23-5)25-11-20-16(3)26-17(4)30-20;/h6-9,14-15H,10-13H2,1-5H3,(H2,23,24,25);1H. The summed E-state index contributed by atoms with van der Waals surface area (Å²) in [5, 5.41) is 7.72. The molecule has 1 aromatic heterocycles. The number of guanidine groups is 1. The van der Waals surface area contributed by atoms with Gasteiger partial charge in [-0.3, -0.25) is 9.79 Å². The first-order chi connectivity index (χ1) is 14.4. The third kappa shape index (κ3) is 7.15. The lowest BCUT2D eigenvalue weighted by molar-refractivity contribution is -0.0586. The Morgan fingerprint density at radius 1 is 1.16 bits per heavy atom. The van der Waals surface area contributed by atoms with Crippen molar-refractivity contribution < 1.29 is 9.53 Å². The van der Waals surface area contributed by atoms with Gasteiger partial charge in [0.25, 0.3) is 5.91 Å². The SMILES string of the molecule is CN=C(NCc1ccc(C(=O)N2CC(C)OC(C)C2)cc1)NCc1sc(C)nc1C.I. The number of thiazole rings is 1. The predicted octanol–water partition coefficient (Wildman–Crippen LogP) is 3.49. The minimum atomic E-state index is 0. The van der Waals surface area contributed by atoms with Gasteiger partial charge in [0.15, 0.2) is 5.96 Å². The maximum Gasteiger partial charge on any atom is 0.254 e. The molecule has 1 aromatic carbocycles. The largest absolute Gasteiger partial charge is 0.372 e. The number of aliphatic imine (C=N–C) groups is 1. The molecule has 2 heterocycles. The van der Waals surface area contributed by atoms with Gasteiger partial charge < -0.3 is 20.3 Å². The van der Waals surface area contributed by atoms with Crippen LogP contribution in [0.2, 0.25) is 0 Å². The lowest BCUT2D eigenvalue weighted by Gasteiger charge is -2.35. The molecule has 2 atom stereocenters. The summed E-state index contributed by atoms with van der Waals surface area (Å²) < 4.78 is 5.72. The molecule has 2 unspecified atom stereocenters. The molecule has 0 aliphatic carbocycles. The van der Waals surface area contributed by atoms with Crippen LogP contribution in [0.15, 0.2) is 29.3 Å². The van der Waals surface area contributed by atoms with Crippen LogP contribution in [-0.2, 0) is 17.8 Å². The quantitative estimate of drug-likeness (QED) is 0.335. The van der Waals surface area contributed by atoms with E-state index in [1.54, 1.807) is 18.4 Å². The van der Waals surface area contributed by atoms with E-state index in [4.69, 9.17) is 4.74 Å². The van der Waals surface area contributed by atoms with Crippen molar-refractivity contribution in [1.82, 2.24) is 20.5 Å². The fourth-order valence-electron chi connectivity index (χ4n) is 3.60. The lowest BCUT2D eigenvalue weighted by Crippen LogP contribution is -2.48. The number of rotatable bonds is 5. The number of ether oxygens (including phenoxy) is 1. The van der Waals surface area contributed by atoms with Gasteiger partial charge in [-0.2, -0.15) is 0 Å². The smallest absolute Gasteiger partial charge is 0.254 e. The molecule has 3 rings (SSSR count). The number of nitrogens with one attached hydrogen (secondary N) is 2. The molecule has 0 bridgehead atoms. The molecule has 1 saturated heterocycles. The highest BCUT2D eigenvalue weighted by molar-refractivity contribution is 14.0. The van der Waals surface area contributed by atoms with E-state index >= 15 is 0 Å². The lowest BCUT2D eigenvalue weighted by atomic mass is 10.1. The van der Waals surface area contributed by atoms with Crippen molar-refractivity contribution in [3.05, 3.63) is 51.0 Å². The molecule has 0 radical (unpaired) electrons. The van der Waals surface area contributed by atoms with Gasteiger partial charge in [0.2, 0.25) is 0 Å². The van der Waals surface area contributed by atoms with Crippen LogP contribution in [0, 0.1) is 13.8 Å². The molecule has 1 aliphatic heterocycles. The summed E-state index contributed by atoms with van der Waals surface area (Å²) in [5.74, 6) is 0.793. The third-order valence-corrected chi connectivity index (χ3v) is 6.08. The van der Waals surface area contributed by atoms with E-state index in [0.717, 1.165) is 22.2 Å². The van der Waals surface area contributed by atoms with Gasteiger partial charge in [0, 0.05) is 37.1 Å². The number of amides is 1. The van der Waals surface area contributed by atoms with Crippen LogP contribution >= 0.6 is 35.3 Å². The second-order valence-electron chi connectivity index (χ2n) is 7.69. The molecule has 1 fully saturated rings. The minimum absolute atomic E-state index is 0. The van der Waals surface area contributed by atoms with Crippen molar-refractivity contribution in [1.29, 1.82) is 0 Å². The van der Waals surface area contributed by atoms with Crippen molar-refractivity contribution >= 4 is 47.2 Å². The number of halogens is 1.